The second-order valence-electron chi connectivity index (χ2n) is 5.42. The van der Waals surface area contributed by atoms with Gasteiger partial charge in [-0.2, -0.15) is 5.10 Å². The van der Waals surface area contributed by atoms with Crippen molar-refractivity contribution < 1.29 is 23.9 Å². The van der Waals surface area contributed by atoms with Crippen molar-refractivity contribution in [1.82, 2.24) is 15.1 Å². The van der Waals surface area contributed by atoms with Gasteiger partial charge >= 0.3 is 12.1 Å². The van der Waals surface area contributed by atoms with Crippen LogP contribution in [0.3, 0.4) is 0 Å². The summed E-state index contributed by atoms with van der Waals surface area (Å²) < 4.78 is 10.6. The second-order valence-corrected chi connectivity index (χ2v) is 5.85. The minimum absolute atomic E-state index is 0.482. The molecule has 1 N–H and O–H groups in total. The average molecular weight is 394 g/mol. The van der Waals surface area contributed by atoms with E-state index in [4.69, 9.17) is 16.3 Å². The Kier molecular flexibility index (Phi) is 6.30. The summed E-state index contributed by atoms with van der Waals surface area (Å²) in [6.45, 7) is 2.88. The Morgan fingerprint density at radius 1 is 1.22 bits per heavy atom. The van der Waals surface area contributed by atoms with Crippen molar-refractivity contribution in [2.45, 2.75) is 20.0 Å². The van der Waals surface area contributed by atoms with Gasteiger partial charge in [0.15, 0.2) is 6.10 Å². The number of alkyl carbamates (subject to hydrolysis) is 1. The number of nitrogens with zero attached hydrogens (tertiary/aromatic N) is 2. The van der Waals surface area contributed by atoms with Gasteiger partial charge in [-0.25, -0.2) is 14.3 Å². The van der Waals surface area contributed by atoms with Crippen LogP contribution in [0, 0.1) is 6.92 Å². The number of halogens is 1. The fourth-order valence-electron chi connectivity index (χ4n) is 2.06. The summed E-state index contributed by atoms with van der Waals surface area (Å²) in [7, 11) is 1.08. The summed E-state index contributed by atoms with van der Waals surface area (Å²) in [5, 5.41) is 6.40. The molecule has 0 radical (unpaired) electrons. The third-order valence-electron chi connectivity index (χ3n) is 3.44. The number of esters is 1. The number of amides is 2. The van der Waals surface area contributed by atoms with E-state index in [0.717, 1.165) is 7.11 Å². The predicted molar refractivity (Wildman–Crippen MR) is 95.0 cm³/mol. The molecular formula is C17H16ClN3O6. The van der Waals surface area contributed by atoms with E-state index in [1.165, 1.54) is 17.7 Å². The number of hydrogen-bond donors (Lipinski definition) is 1. The molecular weight excluding hydrogens is 378 g/mol. The molecule has 1 heterocycles. The summed E-state index contributed by atoms with van der Waals surface area (Å²) in [6, 6.07) is 7.81. The Morgan fingerprint density at radius 3 is 2.44 bits per heavy atom. The number of ether oxygens (including phenoxy) is 2. The molecule has 0 saturated heterocycles. The highest BCUT2D eigenvalue weighted by atomic mass is 35.5. The molecule has 27 heavy (non-hydrogen) atoms. The van der Waals surface area contributed by atoms with Crippen LogP contribution >= 0.6 is 11.6 Å². The third-order valence-corrected chi connectivity index (χ3v) is 3.69. The van der Waals surface area contributed by atoms with Gasteiger partial charge in [0.1, 0.15) is 0 Å². The number of nitrogens with one attached hydrogen (secondary N) is 1. The predicted octanol–water partition coefficient (Wildman–Crippen LogP) is 1.62. The molecule has 0 aliphatic heterocycles. The van der Waals surface area contributed by atoms with E-state index in [1.54, 1.807) is 31.2 Å². The first-order valence-corrected chi connectivity index (χ1v) is 8.07. The zero-order valence-corrected chi connectivity index (χ0v) is 15.4. The van der Waals surface area contributed by atoms with Crippen LogP contribution in [0.5, 0.6) is 0 Å². The van der Waals surface area contributed by atoms with E-state index < -0.39 is 35.2 Å². The largest absolute Gasteiger partial charge is 0.453 e. The fourth-order valence-corrected chi connectivity index (χ4v) is 2.18. The van der Waals surface area contributed by atoms with Crippen LogP contribution in [0.2, 0.25) is 5.02 Å². The van der Waals surface area contributed by atoms with Crippen LogP contribution in [0.15, 0.2) is 35.1 Å². The lowest BCUT2D eigenvalue weighted by atomic mass is 10.3. The minimum Gasteiger partial charge on any atom is -0.453 e. The van der Waals surface area contributed by atoms with Crippen LogP contribution < -0.4 is 10.7 Å². The van der Waals surface area contributed by atoms with E-state index in [-0.39, 0.29) is 0 Å². The molecule has 0 aliphatic rings. The Morgan fingerprint density at radius 2 is 1.85 bits per heavy atom. The normalized spacial score (nSPS) is 11.4. The smallest absolute Gasteiger partial charge is 0.413 e. The SMILES string of the molecule is COC(=O)NC(=O)[C@H](C)OC(=O)c1nn(-c2ccc(Cl)cc2)c(C)cc1=O. The topological polar surface area (TPSA) is 117 Å². The summed E-state index contributed by atoms with van der Waals surface area (Å²) in [4.78, 5) is 47.2. The first kappa shape index (κ1) is 20.1. The van der Waals surface area contributed by atoms with Crippen LogP contribution in [0.25, 0.3) is 5.69 Å². The van der Waals surface area contributed by atoms with Gasteiger partial charge < -0.3 is 9.47 Å². The quantitative estimate of drug-likeness (QED) is 0.784. The molecule has 0 spiro atoms. The molecule has 2 aromatic rings. The molecule has 10 heteroatoms. The van der Waals surface area contributed by atoms with Gasteiger partial charge in [-0.05, 0) is 38.1 Å². The summed E-state index contributed by atoms with van der Waals surface area (Å²) in [6.07, 6.45) is -2.34. The van der Waals surface area contributed by atoms with Crippen LogP contribution in [0.4, 0.5) is 4.79 Å². The summed E-state index contributed by atoms with van der Waals surface area (Å²) >= 11 is 5.85. The Balaban J connectivity index is 2.27. The lowest BCUT2D eigenvalue weighted by Gasteiger charge is -2.14. The molecule has 2 amide bonds. The van der Waals surface area contributed by atoms with Gasteiger partial charge in [-0.15, -0.1) is 0 Å². The van der Waals surface area contributed by atoms with Crippen LogP contribution in [0.1, 0.15) is 23.1 Å². The molecule has 1 aromatic carbocycles. The first-order valence-electron chi connectivity index (χ1n) is 7.69. The fraction of sp³-hybridized carbons (Fsp3) is 0.235. The zero-order valence-electron chi connectivity index (χ0n) is 14.7. The number of methoxy groups -OCH3 is 1. The van der Waals surface area contributed by atoms with Crippen molar-refractivity contribution in [2.24, 2.45) is 0 Å². The van der Waals surface area contributed by atoms with Gasteiger partial charge in [-0.1, -0.05) is 11.6 Å². The number of carbonyl (C=O) groups is 3. The summed E-state index contributed by atoms with van der Waals surface area (Å²) in [5.41, 5.74) is -0.116. The van der Waals surface area contributed by atoms with E-state index in [1.807, 2.05) is 5.32 Å². The molecule has 2 rings (SSSR count). The highest BCUT2D eigenvalue weighted by Crippen LogP contribution is 2.14. The molecule has 1 aromatic heterocycles. The van der Waals surface area contributed by atoms with Crippen LogP contribution in [-0.4, -0.2) is 41.0 Å². The summed E-state index contributed by atoms with van der Waals surface area (Å²) in [5.74, 6) is -2.00. The van der Waals surface area contributed by atoms with Crippen molar-refractivity contribution in [3.63, 3.8) is 0 Å². The molecule has 0 unspecified atom stereocenters. The molecule has 0 bridgehead atoms. The molecule has 0 fully saturated rings. The highest BCUT2D eigenvalue weighted by Gasteiger charge is 2.24. The van der Waals surface area contributed by atoms with E-state index >= 15 is 0 Å². The Bertz CT molecular complexity index is 939. The monoisotopic (exact) mass is 393 g/mol. The van der Waals surface area contributed by atoms with Crippen molar-refractivity contribution in [1.29, 1.82) is 0 Å². The van der Waals surface area contributed by atoms with E-state index in [0.29, 0.717) is 16.4 Å². The minimum atomic E-state index is -1.34. The van der Waals surface area contributed by atoms with E-state index in [9.17, 15) is 19.2 Å². The van der Waals surface area contributed by atoms with Crippen molar-refractivity contribution in [2.75, 3.05) is 7.11 Å². The van der Waals surface area contributed by atoms with Gasteiger partial charge in [0.05, 0.1) is 12.8 Å². The molecule has 142 valence electrons. The number of imide groups is 1. The number of hydrogen-bond acceptors (Lipinski definition) is 7. The third kappa shape index (κ3) is 4.91. The number of rotatable bonds is 4. The maximum Gasteiger partial charge on any atom is 0.413 e. The maximum absolute atomic E-state index is 12.3. The van der Waals surface area contributed by atoms with Crippen molar-refractivity contribution in [3.8, 4) is 5.69 Å². The Hall–Kier alpha value is -3.20. The first-order chi connectivity index (χ1) is 12.7. The molecule has 0 saturated carbocycles. The van der Waals surface area contributed by atoms with Gasteiger partial charge in [-0.3, -0.25) is 14.9 Å². The highest BCUT2D eigenvalue weighted by molar-refractivity contribution is 6.30. The number of carbonyl (C=O) groups excluding carboxylic acids is 3. The van der Waals surface area contributed by atoms with Crippen molar-refractivity contribution in [3.05, 3.63) is 57.0 Å². The number of aryl methyl sites for hydroxylation is 1. The number of benzene rings is 1. The maximum atomic E-state index is 12.3. The van der Waals surface area contributed by atoms with E-state index in [2.05, 4.69) is 9.84 Å². The van der Waals surface area contributed by atoms with Gasteiger partial charge in [0, 0.05) is 16.8 Å². The van der Waals surface area contributed by atoms with Crippen LogP contribution in [-0.2, 0) is 14.3 Å². The molecule has 1 atom stereocenters. The molecule has 0 aliphatic carbocycles. The van der Waals surface area contributed by atoms with Gasteiger partial charge in [0.2, 0.25) is 11.1 Å². The lowest BCUT2D eigenvalue weighted by Crippen LogP contribution is -2.40. The number of aromatic nitrogens is 2. The Labute approximate surface area is 158 Å². The molecule has 9 nitrogen and oxygen atoms in total. The average Bonchev–Trinajstić information content (AvgIpc) is 2.62. The van der Waals surface area contributed by atoms with Crippen molar-refractivity contribution >= 4 is 29.6 Å². The van der Waals surface area contributed by atoms with Gasteiger partial charge in [0.25, 0.3) is 5.91 Å². The zero-order chi connectivity index (χ0) is 20.1. The second kappa shape index (κ2) is 8.45. The lowest BCUT2D eigenvalue weighted by molar-refractivity contribution is -0.128. The standard InChI is InChI=1S/C17H16ClN3O6/c1-9-8-13(22)14(20-21(9)12-6-4-11(18)5-7-12)16(24)27-10(2)15(23)19-17(25)26-3/h4-8,10H,1-3H3,(H,19,23,25)/t10-/m0/s1.